The zero-order valence-electron chi connectivity index (χ0n) is 18.9. The Morgan fingerprint density at radius 1 is 0.758 bits per heavy atom. The minimum absolute atomic E-state index is 0.0800. The Morgan fingerprint density at radius 2 is 1.18 bits per heavy atom. The Balaban J connectivity index is 1.97. The van der Waals surface area contributed by atoms with Gasteiger partial charge in [0.05, 0.1) is 14.2 Å². The molecule has 5 heteroatoms. The third kappa shape index (κ3) is 5.81. The summed E-state index contributed by atoms with van der Waals surface area (Å²) in [7, 11) is 3.28. The lowest BCUT2D eigenvalue weighted by atomic mass is 10.0. The van der Waals surface area contributed by atoms with E-state index in [-0.39, 0.29) is 5.57 Å². The maximum atomic E-state index is 9.43. The lowest BCUT2D eigenvalue weighted by molar-refractivity contribution is 0.414. The molecule has 5 nitrogen and oxygen atoms in total. The van der Waals surface area contributed by atoms with Gasteiger partial charge in [0.15, 0.2) is 0 Å². The first-order chi connectivity index (χ1) is 16.1. The van der Waals surface area contributed by atoms with Crippen LogP contribution in [0.25, 0.3) is 12.2 Å². The van der Waals surface area contributed by atoms with Crippen molar-refractivity contribution in [3.63, 3.8) is 0 Å². The van der Waals surface area contributed by atoms with Crippen LogP contribution >= 0.6 is 0 Å². The molecule has 2 aromatic carbocycles. The highest BCUT2D eigenvalue weighted by molar-refractivity contribution is 5.62. The highest BCUT2D eigenvalue weighted by atomic mass is 16.5. The van der Waals surface area contributed by atoms with Crippen molar-refractivity contribution in [1.82, 2.24) is 4.90 Å². The van der Waals surface area contributed by atoms with Crippen LogP contribution < -0.4 is 9.47 Å². The minimum atomic E-state index is 0.0800. The van der Waals surface area contributed by atoms with Crippen molar-refractivity contribution in [3.05, 3.63) is 107 Å². The molecule has 0 radical (unpaired) electrons. The predicted molar refractivity (Wildman–Crippen MR) is 131 cm³/mol. The maximum absolute atomic E-state index is 9.43. The topological polar surface area (TPSA) is 69.3 Å². The maximum Gasteiger partial charge on any atom is 0.137 e. The largest absolute Gasteiger partial charge is 0.497 e. The normalized spacial score (nSPS) is 13.4. The standard InChI is InChI=1S/C28H25N3O2/c1-4-31-25(11-5-21-7-13-27(32-2)14-8-21)17-23(24(19-29)20-30)18-26(31)12-6-22-9-15-28(33-3)16-10-22/h5-18H,4H2,1-3H3/b11-5+,12-6+. The van der Waals surface area contributed by atoms with Crippen LogP contribution in [0.2, 0.25) is 0 Å². The average molecular weight is 436 g/mol. The fourth-order valence-electron chi connectivity index (χ4n) is 3.40. The Morgan fingerprint density at radius 3 is 1.52 bits per heavy atom. The van der Waals surface area contributed by atoms with Crippen molar-refractivity contribution >= 4 is 12.2 Å². The first kappa shape index (κ1) is 23.2. The Bertz CT molecular complexity index is 1120. The summed E-state index contributed by atoms with van der Waals surface area (Å²) in [5.74, 6) is 1.59. The summed E-state index contributed by atoms with van der Waals surface area (Å²) in [6.45, 7) is 2.79. The number of allylic oxidation sites excluding steroid dienone is 6. The van der Waals surface area contributed by atoms with Gasteiger partial charge in [0.2, 0.25) is 0 Å². The molecule has 33 heavy (non-hydrogen) atoms. The number of nitrogens with zero attached hydrogens (tertiary/aromatic N) is 3. The van der Waals surface area contributed by atoms with E-state index in [4.69, 9.17) is 9.47 Å². The van der Waals surface area contributed by atoms with Crippen LogP contribution in [0.15, 0.2) is 95.4 Å². The van der Waals surface area contributed by atoms with Gasteiger partial charge in [-0.15, -0.1) is 0 Å². The summed E-state index contributed by atoms with van der Waals surface area (Å²) >= 11 is 0. The molecule has 0 unspecified atom stereocenters. The molecule has 0 fully saturated rings. The van der Waals surface area contributed by atoms with Crippen molar-refractivity contribution in [1.29, 1.82) is 10.5 Å². The van der Waals surface area contributed by atoms with Crippen molar-refractivity contribution in [2.75, 3.05) is 20.8 Å². The molecule has 0 aliphatic carbocycles. The Hall–Kier alpha value is -4.48. The average Bonchev–Trinajstić information content (AvgIpc) is 2.87. The van der Waals surface area contributed by atoms with Crippen LogP contribution in [0, 0.1) is 22.7 Å². The molecule has 164 valence electrons. The van der Waals surface area contributed by atoms with Crippen LogP contribution in [0.3, 0.4) is 0 Å². The van der Waals surface area contributed by atoms with Gasteiger partial charge in [0, 0.05) is 23.5 Å². The van der Waals surface area contributed by atoms with Crippen molar-refractivity contribution in [2.24, 2.45) is 0 Å². The van der Waals surface area contributed by atoms with Crippen LogP contribution in [-0.4, -0.2) is 25.7 Å². The third-order valence-corrected chi connectivity index (χ3v) is 5.18. The molecular weight excluding hydrogens is 410 g/mol. The Kier molecular flexibility index (Phi) is 7.89. The van der Waals surface area contributed by atoms with Gasteiger partial charge in [-0.25, -0.2) is 0 Å². The lowest BCUT2D eigenvalue weighted by Gasteiger charge is -2.29. The number of hydrogen-bond acceptors (Lipinski definition) is 5. The highest BCUT2D eigenvalue weighted by Gasteiger charge is 2.17. The molecule has 0 bridgehead atoms. The molecule has 2 aromatic rings. The predicted octanol–water partition coefficient (Wildman–Crippen LogP) is 5.88. The van der Waals surface area contributed by atoms with Gasteiger partial charge < -0.3 is 14.4 Å². The molecule has 0 amide bonds. The van der Waals surface area contributed by atoms with Gasteiger partial charge in [-0.05, 0) is 66.6 Å². The quantitative estimate of drug-likeness (QED) is 0.508. The monoisotopic (exact) mass is 435 g/mol. The molecule has 0 spiro atoms. The molecule has 0 N–H and O–H groups in total. The van der Waals surface area contributed by atoms with Gasteiger partial charge in [-0.3, -0.25) is 0 Å². The van der Waals surface area contributed by atoms with E-state index in [0.29, 0.717) is 5.57 Å². The molecule has 1 heterocycles. The number of ether oxygens (including phenoxy) is 2. The van der Waals surface area contributed by atoms with Gasteiger partial charge in [0.1, 0.15) is 29.2 Å². The summed E-state index contributed by atoms with van der Waals surface area (Å²) in [5.41, 5.74) is 4.49. The summed E-state index contributed by atoms with van der Waals surface area (Å²) in [6, 6.07) is 19.5. The van der Waals surface area contributed by atoms with Gasteiger partial charge in [-0.1, -0.05) is 36.4 Å². The summed E-state index contributed by atoms with van der Waals surface area (Å²) in [6.07, 6.45) is 11.7. The number of nitriles is 2. The van der Waals surface area contributed by atoms with Gasteiger partial charge >= 0.3 is 0 Å². The second-order valence-corrected chi connectivity index (χ2v) is 7.15. The molecule has 1 aliphatic rings. The number of methoxy groups -OCH3 is 2. The van der Waals surface area contributed by atoms with E-state index in [9.17, 15) is 10.5 Å². The summed E-state index contributed by atoms with van der Waals surface area (Å²) in [4.78, 5) is 2.13. The fraction of sp³-hybridized carbons (Fsp3) is 0.143. The zero-order chi connectivity index (χ0) is 23.6. The number of rotatable bonds is 7. The highest BCUT2D eigenvalue weighted by Crippen LogP contribution is 2.28. The summed E-state index contributed by atoms with van der Waals surface area (Å²) in [5, 5.41) is 18.9. The molecule has 3 rings (SSSR count). The molecule has 0 saturated carbocycles. The number of benzene rings is 2. The van der Waals surface area contributed by atoms with E-state index in [1.54, 1.807) is 14.2 Å². The van der Waals surface area contributed by atoms with E-state index < -0.39 is 0 Å². The second kappa shape index (κ2) is 11.2. The third-order valence-electron chi connectivity index (χ3n) is 5.18. The molecule has 0 atom stereocenters. The first-order valence-electron chi connectivity index (χ1n) is 10.5. The molecule has 1 aliphatic heterocycles. The van der Waals surface area contributed by atoms with Crippen molar-refractivity contribution in [3.8, 4) is 23.6 Å². The number of hydrogen-bond donors (Lipinski definition) is 0. The smallest absolute Gasteiger partial charge is 0.137 e. The van der Waals surface area contributed by atoms with E-state index in [1.165, 1.54) is 0 Å². The Labute approximate surface area is 195 Å². The fourth-order valence-corrected chi connectivity index (χ4v) is 3.40. The van der Waals surface area contributed by atoms with E-state index in [1.807, 2.05) is 97.1 Å². The number of likely N-dealkylation sites (N-methyl/N-ethyl adjacent to an activating group) is 1. The van der Waals surface area contributed by atoms with Crippen molar-refractivity contribution < 1.29 is 9.47 Å². The van der Waals surface area contributed by atoms with Gasteiger partial charge in [-0.2, -0.15) is 10.5 Å². The molecular formula is C28H25N3O2. The van der Waals surface area contributed by atoms with Crippen LogP contribution in [0.5, 0.6) is 11.5 Å². The van der Waals surface area contributed by atoms with E-state index in [0.717, 1.165) is 40.6 Å². The van der Waals surface area contributed by atoms with Crippen LogP contribution in [0.1, 0.15) is 18.1 Å². The lowest BCUT2D eigenvalue weighted by Crippen LogP contribution is -2.23. The SMILES string of the molecule is CCN1C(/C=C/c2ccc(OC)cc2)=CC(=C(C#N)C#N)C=C1/C=C/c1ccc(OC)cc1. The van der Waals surface area contributed by atoms with Crippen molar-refractivity contribution in [2.45, 2.75) is 6.92 Å². The van der Waals surface area contributed by atoms with Crippen LogP contribution in [0.4, 0.5) is 0 Å². The van der Waals surface area contributed by atoms with E-state index >= 15 is 0 Å². The minimum Gasteiger partial charge on any atom is -0.497 e. The van der Waals surface area contributed by atoms with Gasteiger partial charge in [0.25, 0.3) is 0 Å². The molecule has 0 aromatic heterocycles. The zero-order valence-corrected chi connectivity index (χ0v) is 18.9. The first-order valence-corrected chi connectivity index (χ1v) is 10.5. The summed E-state index contributed by atoms with van der Waals surface area (Å²) < 4.78 is 10.4. The molecule has 0 saturated heterocycles. The second-order valence-electron chi connectivity index (χ2n) is 7.15. The van der Waals surface area contributed by atoms with Crippen LogP contribution in [-0.2, 0) is 0 Å². The van der Waals surface area contributed by atoms with E-state index in [2.05, 4.69) is 11.8 Å².